The summed E-state index contributed by atoms with van der Waals surface area (Å²) >= 11 is 3.18. The van der Waals surface area contributed by atoms with Crippen molar-refractivity contribution in [2.24, 2.45) is 10.9 Å². The molecule has 0 heterocycles. The summed E-state index contributed by atoms with van der Waals surface area (Å²) in [4.78, 5) is 1.98. The summed E-state index contributed by atoms with van der Waals surface area (Å²) in [5.74, 6) is -0.487. The summed E-state index contributed by atoms with van der Waals surface area (Å²) in [5, 5.41) is 11.6. The van der Waals surface area contributed by atoms with E-state index in [-0.39, 0.29) is 16.1 Å². The van der Waals surface area contributed by atoms with Gasteiger partial charge in [0.15, 0.2) is 11.7 Å². The van der Waals surface area contributed by atoms with E-state index >= 15 is 0 Å². The molecule has 0 aliphatic heterocycles. The zero-order chi connectivity index (χ0) is 14.0. The highest BCUT2D eigenvalue weighted by Gasteiger charge is 2.23. The second-order valence-corrected chi connectivity index (χ2v) is 5.59. The van der Waals surface area contributed by atoms with Gasteiger partial charge in [-0.15, -0.1) is 0 Å². The van der Waals surface area contributed by atoms with Gasteiger partial charge in [0.2, 0.25) is 0 Å². The maximum atomic E-state index is 14.4. The average Bonchev–Trinajstić information content (AvgIpc) is 2.94. The van der Waals surface area contributed by atoms with Crippen LogP contribution in [0.4, 0.5) is 10.1 Å². The molecule has 0 bridgehead atoms. The van der Waals surface area contributed by atoms with Crippen molar-refractivity contribution in [3.05, 3.63) is 28.0 Å². The number of hydrogen-bond donors (Lipinski definition) is 2. The minimum atomic E-state index is -0.376. The monoisotopic (exact) mass is 329 g/mol. The Balaban J connectivity index is 2.35. The molecule has 0 saturated heterocycles. The highest BCUT2D eigenvalue weighted by atomic mass is 79.9. The zero-order valence-electron chi connectivity index (χ0n) is 10.7. The largest absolute Gasteiger partial charge is 0.409 e. The predicted octanol–water partition coefficient (Wildman–Crippen LogP) is 3.06. The summed E-state index contributed by atoms with van der Waals surface area (Å²) in [6, 6.07) is 3.71. The minimum absolute atomic E-state index is 0.110. The van der Waals surface area contributed by atoms with Crippen LogP contribution in [0.1, 0.15) is 31.2 Å². The van der Waals surface area contributed by atoms with Crippen molar-refractivity contribution in [3.63, 3.8) is 0 Å². The quantitative estimate of drug-likeness (QED) is 0.388. The van der Waals surface area contributed by atoms with Crippen LogP contribution in [0.3, 0.4) is 0 Å². The summed E-state index contributed by atoms with van der Waals surface area (Å²) in [7, 11) is 1.91. The summed E-state index contributed by atoms with van der Waals surface area (Å²) in [6.45, 7) is 0. The van der Waals surface area contributed by atoms with Gasteiger partial charge in [0.25, 0.3) is 0 Å². The third-order valence-corrected chi connectivity index (χ3v) is 4.47. The van der Waals surface area contributed by atoms with E-state index in [4.69, 9.17) is 10.9 Å². The Morgan fingerprint density at radius 1 is 1.47 bits per heavy atom. The third kappa shape index (κ3) is 2.68. The molecule has 2 rings (SSSR count). The number of benzene rings is 1. The van der Waals surface area contributed by atoms with Crippen molar-refractivity contribution >= 4 is 27.5 Å². The number of anilines is 1. The number of amidine groups is 1. The Kier molecular flexibility index (Phi) is 4.29. The summed E-state index contributed by atoms with van der Waals surface area (Å²) in [6.07, 6.45) is 4.57. The van der Waals surface area contributed by atoms with Gasteiger partial charge >= 0.3 is 0 Å². The summed E-state index contributed by atoms with van der Waals surface area (Å²) < 4.78 is 14.6. The van der Waals surface area contributed by atoms with Crippen LogP contribution < -0.4 is 10.6 Å². The van der Waals surface area contributed by atoms with Crippen LogP contribution in [0.25, 0.3) is 0 Å². The maximum absolute atomic E-state index is 14.4. The first-order valence-electron chi connectivity index (χ1n) is 6.25. The zero-order valence-corrected chi connectivity index (χ0v) is 12.3. The molecule has 104 valence electrons. The van der Waals surface area contributed by atoms with Crippen LogP contribution in [-0.2, 0) is 0 Å². The standard InChI is InChI=1S/C13H17BrFN3O/c1-18(8-4-2-3-5-8)10-7-6-9(13(16)17-19)11(14)12(10)15/h6-8,19H,2-5H2,1H3,(H2,16,17). The van der Waals surface area contributed by atoms with Crippen LogP contribution in [0.5, 0.6) is 0 Å². The van der Waals surface area contributed by atoms with Gasteiger partial charge in [-0.2, -0.15) is 0 Å². The third-order valence-electron chi connectivity index (χ3n) is 3.70. The van der Waals surface area contributed by atoms with Crippen molar-refractivity contribution in [2.75, 3.05) is 11.9 Å². The molecule has 0 amide bonds. The van der Waals surface area contributed by atoms with Gasteiger partial charge in [0, 0.05) is 18.7 Å². The lowest BCUT2D eigenvalue weighted by Crippen LogP contribution is -2.30. The van der Waals surface area contributed by atoms with E-state index in [9.17, 15) is 4.39 Å². The molecular formula is C13H17BrFN3O. The molecule has 1 saturated carbocycles. The van der Waals surface area contributed by atoms with Gasteiger partial charge in [-0.1, -0.05) is 18.0 Å². The number of nitrogens with two attached hydrogens (primary N) is 1. The van der Waals surface area contributed by atoms with Crippen LogP contribution in [0.2, 0.25) is 0 Å². The van der Waals surface area contributed by atoms with Crippen molar-refractivity contribution in [1.29, 1.82) is 0 Å². The molecule has 1 fully saturated rings. The summed E-state index contributed by atoms with van der Waals surface area (Å²) in [5.41, 5.74) is 6.39. The van der Waals surface area contributed by atoms with Crippen LogP contribution in [-0.4, -0.2) is 24.1 Å². The lowest BCUT2D eigenvalue weighted by atomic mass is 10.1. The van der Waals surface area contributed by atoms with Gasteiger partial charge in [-0.3, -0.25) is 0 Å². The first-order chi connectivity index (χ1) is 9.06. The Morgan fingerprint density at radius 2 is 2.11 bits per heavy atom. The lowest BCUT2D eigenvalue weighted by Gasteiger charge is -2.27. The molecule has 0 unspecified atom stereocenters. The Hall–Kier alpha value is -1.30. The Morgan fingerprint density at radius 3 is 2.68 bits per heavy atom. The van der Waals surface area contributed by atoms with Crippen LogP contribution in [0.15, 0.2) is 21.8 Å². The number of oxime groups is 1. The van der Waals surface area contributed by atoms with Crippen molar-refractivity contribution in [2.45, 2.75) is 31.7 Å². The van der Waals surface area contributed by atoms with Crippen molar-refractivity contribution in [1.82, 2.24) is 0 Å². The van der Waals surface area contributed by atoms with E-state index in [1.54, 1.807) is 12.1 Å². The Bertz CT molecular complexity index is 501. The highest BCUT2D eigenvalue weighted by Crippen LogP contribution is 2.33. The first kappa shape index (κ1) is 14.1. The second-order valence-electron chi connectivity index (χ2n) is 4.79. The molecule has 1 aliphatic rings. The fourth-order valence-corrected chi connectivity index (χ4v) is 3.09. The van der Waals surface area contributed by atoms with Crippen LogP contribution in [0, 0.1) is 5.82 Å². The molecule has 1 aromatic carbocycles. The van der Waals surface area contributed by atoms with E-state index in [2.05, 4.69) is 21.1 Å². The molecule has 0 spiro atoms. The van der Waals surface area contributed by atoms with E-state index < -0.39 is 0 Å². The molecule has 1 aliphatic carbocycles. The highest BCUT2D eigenvalue weighted by molar-refractivity contribution is 9.10. The average molecular weight is 330 g/mol. The molecule has 1 aromatic rings. The van der Waals surface area contributed by atoms with Gasteiger partial charge in [-0.05, 0) is 40.9 Å². The molecule has 6 heteroatoms. The number of hydrogen-bond acceptors (Lipinski definition) is 3. The van der Waals surface area contributed by atoms with E-state index in [0.717, 1.165) is 12.8 Å². The molecule has 0 radical (unpaired) electrons. The van der Waals surface area contributed by atoms with Gasteiger partial charge in [-0.25, -0.2) is 4.39 Å². The lowest BCUT2D eigenvalue weighted by molar-refractivity contribution is 0.318. The molecule has 19 heavy (non-hydrogen) atoms. The normalized spacial score (nSPS) is 16.9. The van der Waals surface area contributed by atoms with E-state index in [1.165, 1.54) is 12.8 Å². The molecule has 3 N–H and O–H groups in total. The number of halogens is 2. The smallest absolute Gasteiger partial charge is 0.171 e. The molecule has 0 aromatic heterocycles. The Labute approximate surface area is 120 Å². The topological polar surface area (TPSA) is 61.8 Å². The van der Waals surface area contributed by atoms with E-state index in [0.29, 0.717) is 17.3 Å². The fraction of sp³-hybridized carbons (Fsp3) is 0.462. The van der Waals surface area contributed by atoms with E-state index in [1.807, 2.05) is 11.9 Å². The van der Waals surface area contributed by atoms with Gasteiger partial charge in [0.05, 0.1) is 10.2 Å². The van der Waals surface area contributed by atoms with Gasteiger partial charge in [0.1, 0.15) is 0 Å². The maximum Gasteiger partial charge on any atom is 0.171 e. The second kappa shape index (κ2) is 5.77. The van der Waals surface area contributed by atoms with Crippen molar-refractivity contribution < 1.29 is 9.60 Å². The molecule has 0 atom stereocenters. The minimum Gasteiger partial charge on any atom is -0.409 e. The SMILES string of the molecule is CN(c1ccc(/C(N)=N/O)c(Br)c1F)C1CCCC1. The fourth-order valence-electron chi connectivity index (χ4n) is 2.55. The number of nitrogens with zero attached hydrogens (tertiary/aromatic N) is 2. The molecule has 4 nitrogen and oxygen atoms in total. The first-order valence-corrected chi connectivity index (χ1v) is 7.04. The van der Waals surface area contributed by atoms with Crippen LogP contribution >= 0.6 is 15.9 Å². The predicted molar refractivity (Wildman–Crippen MR) is 77.3 cm³/mol. The van der Waals surface area contributed by atoms with Gasteiger partial charge < -0.3 is 15.8 Å². The van der Waals surface area contributed by atoms with Crippen molar-refractivity contribution in [3.8, 4) is 0 Å². The number of rotatable bonds is 3. The molecular weight excluding hydrogens is 313 g/mol.